The van der Waals surface area contributed by atoms with Crippen LogP contribution in [0.15, 0.2) is 43.6 Å². The van der Waals surface area contributed by atoms with E-state index in [1.807, 2.05) is 12.1 Å². The van der Waals surface area contributed by atoms with Gasteiger partial charge in [0.2, 0.25) is 11.5 Å². The molecule has 0 saturated heterocycles. The molecule has 6 nitrogen and oxygen atoms in total. The van der Waals surface area contributed by atoms with Crippen molar-refractivity contribution in [2.75, 3.05) is 7.11 Å². The van der Waals surface area contributed by atoms with Crippen molar-refractivity contribution < 1.29 is 27.9 Å². The summed E-state index contributed by atoms with van der Waals surface area (Å²) in [6.45, 7) is 1.67. The Morgan fingerprint density at radius 3 is 2.67 bits per heavy atom. The molecule has 2 heterocycles. The normalized spacial score (nSPS) is 10.8. The first kappa shape index (κ1) is 16.3. The molecule has 7 heteroatoms. The van der Waals surface area contributed by atoms with E-state index in [1.54, 1.807) is 19.1 Å². The third-order valence-electron chi connectivity index (χ3n) is 3.48. The molecule has 124 valence electrons. The van der Waals surface area contributed by atoms with Crippen molar-refractivity contribution in [1.29, 1.82) is 0 Å². The molecule has 0 spiro atoms. The third-order valence-corrected chi connectivity index (χ3v) is 3.97. The summed E-state index contributed by atoms with van der Waals surface area (Å²) in [5.74, 6) is -0.668. The van der Waals surface area contributed by atoms with E-state index >= 15 is 0 Å². The topological polar surface area (TPSA) is 78.9 Å². The molecule has 0 radical (unpaired) electrons. The summed E-state index contributed by atoms with van der Waals surface area (Å²) >= 11 is 3.39. The minimum absolute atomic E-state index is 0.0494. The molecule has 0 aliphatic heterocycles. The van der Waals surface area contributed by atoms with Gasteiger partial charge in [0.25, 0.3) is 0 Å². The SMILES string of the molecule is COC(=O)c1ccc(COC(=O)c2oc3ccc(Br)cc3c2C)o1. The number of methoxy groups -OCH3 is 1. The first-order valence-corrected chi connectivity index (χ1v) is 7.81. The standard InChI is InChI=1S/C17H13BrO6/c1-9-12-7-10(18)3-5-13(12)24-15(9)17(20)22-8-11-4-6-14(23-11)16(19)21-2/h3-7H,8H2,1-2H3. The Labute approximate surface area is 145 Å². The Morgan fingerprint density at radius 1 is 1.12 bits per heavy atom. The van der Waals surface area contributed by atoms with E-state index in [9.17, 15) is 9.59 Å². The smallest absolute Gasteiger partial charge is 0.375 e. The van der Waals surface area contributed by atoms with Gasteiger partial charge < -0.3 is 18.3 Å². The Bertz CT molecular complexity index is 920. The fourth-order valence-electron chi connectivity index (χ4n) is 2.26. The Kier molecular flexibility index (Phi) is 4.44. The van der Waals surface area contributed by atoms with Crippen molar-refractivity contribution in [3.8, 4) is 0 Å². The molecular formula is C17H13BrO6. The zero-order valence-electron chi connectivity index (χ0n) is 12.9. The maximum absolute atomic E-state index is 12.2. The predicted molar refractivity (Wildman–Crippen MR) is 87.8 cm³/mol. The number of carbonyl (C=O) groups is 2. The molecule has 0 aliphatic carbocycles. The number of aryl methyl sites for hydroxylation is 1. The van der Waals surface area contributed by atoms with Crippen molar-refractivity contribution in [2.24, 2.45) is 0 Å². The molecule has 0 bridgehead atoms. The second-order valence-electron chi connectivity index (χ2n) is 5.03. The van der Waals surface area contributed by atoms with Crippen molar-refractivity contribution in [1.82, 2.24) is 0 Å². The van der Waals surface area contributed by atoms with Gasteiger partial charge in [-0.25, -0.2) is 9.59 Å². The summed E-state index contributed by atoms with van der Waals surface area (Å²) in [5.41, 5.74) is 1.31. The molecule has 0 atom stereocenters. The van der Waals surface area contributed by atoms with Crippen LogP contribution in [-0.4, -0.2) is 19.0 Å². The molecule has 0 aliphatic rings. The lowest BCUT2D eigenvalue weighted by atomic mass is 10.1. The fourth-order valence-corrected chi connectivity index (χ4v) is 2.62. The van der Waals surface area contributed by atoms with E-state index in [0.29, 0.717) is 16.9 Å². The van der Waals surface area contributed by atoms with Gasteiger partial charge in [-0.3, -0.25) is 0 Å². The number of carbonyl (C=O) groups excluding carboxylic acids is 2. The summed E-state index contributed by atoms with van der Waals surface area (Å²) in [6, 6.07) is 8.48. The predicted octanol–water partition coefficient (Wildman–Crippen LogP) is 4.24. The van der Waals surface area contributed by atoms with Crippen molar-refractivity contribution in [3.05, 3.63) is 57.6 Å². The molecule has 0 fully saturated rings. The average Bonchev–Trinajstić information content (AvgIpc) is 3.17. The molecule has 1 aromatic carbocycles. The van der Waals surface area contributed by atoms with Gasteiger partial charge in [-0.2, -0.15) is 0 Å². The van der Waals surface area contributed by atoms with Crippen LogP contribution in [0, 0.1) is 6.92 Å². The molecule has 3 aromatic rings. The number of hydrogen-bond donors (Lipinski definition) is 0. The van der Waals surface area contributed by atoms with E-state index in [2.05, 4.69) is 20.7 Å². The van der Waals surface area contributed by atoms with Crippen LogP contribution in [0.3, 0.4) is 0 Å². The molecule has 24 heavy (non-hydrogen) atoms. The number of benzene rings is 1. The van der Waals surface area contributed by atoms with Gasteiger partial charge in [-0.1, -0.05) is 15.9 Å². The van der Waals surface area contributed by atoms with Crippen LogP contribution in [0.2, 0.25) is 0 Å². The zero-order valence-corrected chi connectivity index (χ0v) is 14.5. The number of furan rings is 2. The third kappa shape index (κ3) is 3.07. The summed E-state index contributed by atoms with van der Waals surface area (Å²) < 4.78 is 21.4. The summed E-state index contributed by atoms with van der Waals surface area (Å²) in [6.07, 6.45) is 0. The molecule has 2 aromatic heterocycles. The number of fused-ring (bicyclic) bond motifs is 1. The van der Waals surface area contributed by atoms with Crippen molar-refractivity contribution >= 4 is 38.8 Å². The van der Waals surface area contributed by atoms with Crippen LogP contribution < -0.4 is 0 Å². The Morgan fingerprint density at radius 2 is 1.92 bits per heavy atom. The minimum atomic E-state index is -0.601. The number of halogens is 1. The fraction of sp³-hybridized carbons (Fsp3) is 0.176. The van der Waals surface area contributed by atoms with Gasteiger partial charge in [0, 0.05) is 15.4 Å². The molecule has 3 rings (SSSR count). The molecular weight excluding hydrogens is 380 g/mol. The average molecular weight is 393 g/mol. The first-order valence-electron chi connectivity index (χ1n) is 7.02. The molecule has 0 saturated carbocycles. The second-order valence-corrected chi connectivity index (χ2v) is 5.95. The van der Waals surface area contributed by atoms with E-state index in [1.165, 1.54) is 13.2 Å². The Balaban J connectivity index is 1.74. The van der Waals surface area contributed by atoms with Crippen LogP contribution >= 0.6 is 15.9 Å². The quantitative estimate of drug-likeness (QED) is 0.617. The largest absolute Gasteiger partial charge is 0.463 e. The van der Waals surface area contributed by atoms with Gasteiger partial charge in [0.15, 0.2) is 0 Å². The lowest BCUT2D eigenvalue weighted by Gasteiger charge is -2.01. The van der Waals surface area contributed by atoms with Crippen molar-refractivity contribution in [3.63, 3.8) is 0 Å². The van der Waals surface area contributed by atoms with Gasteiger partial charge in [0.1, 0.15) is 18.0 Å². The number of esters is 2. The molecule has 0 N–H and O–H groups in total. The van der Waals surface area contributed by atoms with E-state index in [-0.39, 0.29) is 18.1 Å². The van der Waals surface area contributed by atoms with E-state index in [0.717, 1.165) is 9.86 Å². The zero-order chi connectivity index (χ0) is 17.3. The second kappa shape index (κ2) is 6.52. The van der Waals surface area contributed by atoms with Gasteiger partial charge >= 0.3 is 11.9 Å². The van der Waals surface area contributed by atoms with Gasteiger partial charge in [0.05, 0.1) is 7.11 Å². The van der Waals surface area contributed by atoms with Crippen LogP contribution in [0.5, 0.6) is 0 Å². The highest BCUT2D eigenvalue weighted by molar-refractivity contribution is 9.10. The highest BCUT2D eigenvalue weighted by Gasteiger charge is 2.20. The van der Waals surface area contributed by atoms with Gasteiger partial charge in [-0.15, -0.1) is 0 Å². The van der Waals surface area contributed by atoms with Crippen LogP contribution in [0.4, 0.5) is 0 Å². The minimum Gasteiger partial charge on any atom is -0.463 e. The van der Waals surface area contributed by atoms with Crippen molar-refractivity contribution in [2.45, 2.75) is 13.5 Å². The number of ether oxygens (including phenoxy) is 2. The highest BCUT2D eigenvalue weighted by Crippen LogP contribution is 2.28. The maximum Gasteiger partial charge on any atom is 0.375 e. The number of rotatable bonds is 4. The summed E-state index contributed by atoms with van der Waals surface area (Å²) in [7, 11) is 1.26. The first-order chi connectivity index (χ1) is 11.5. The summed E-state index contributed by atoms with van der Waals surface area (Å²) in [5, 5.41) is 0.835. The molecule has 0 unspecified atom stereocenters. The van der Waals surface area contributed by atoms with E-state index in [4.69, 9.17) is 13.6 Å². The van der Waals surface area contributed by atoms with Crippen LogP contribution in [-0.2, 0) is 16.1 Å². The lowest BCUT2D eigenvalue weighted by Crippen LogP contribution is -2.05. The highest BCUT2D eigenvalue weighted by atomic mass is 79.9. The van der Waals surface area contributed by atoms with Gasteiger partial charge in [-0.05, 0) is 37.3 Å². The molecule has 0 amide bonds. The van der Waals surface area contributed by atoms with E-state index < -0.39 is 11.9 Å². The Hall–Kier alpha value is -2.54. The summed E-state index contributed by atoms with van der Waals surface area (Å²) in [4.78, 5) is 23.5. The maximum atomic E-state index is 12.2. The van der Waals surface area contributed by atoms with Crippen LogP contribution in [0.25, 0.3) is 11.0 Å². The number of hydrogen-bond acceptors (Lipinski definition) is 6. The van der Waals surface area contributed by atoms with Crippen LogP contribution in [0.1, 0.15) is 32.4 Å². The lowest BCUT2D eigenvalue weighted by molar-refractivity contribution is 0.0405. The monoisotopic (exact) mass is 392 g/mol.